The summed E-state index contributed by atoms with van der Waals surface area (Å²) in [6.07, 6.45) is 1.64. The van der Waals surface area contributed by atoms with Gasteiger partial charge < -0.3 is 15.0 Å². The van der Waals surface area contributed by atoms with E-state index in [0.717, 1.165) is 0 Å². The highest BCUT2D eigenvalue weighted by molar-refractivity contribution is 6.31. The smallest absolute Gasteiger partial charge is 0.322 e. The highest BCUT2D eigenvalue weighted by atomic mass is 35.5. The van der Waals surface area contributed by atoms with Crippen LogP contribution in [0.1, 0.15) is 30.4 Å². The molecule has 0 aliphatic carbocycles. The molecule has 1 heterocycles. The summed E-state index contributed by atoms with van der Waals surface area (Å²) in [5.74, 6) is -1.52. The van der Waals surface area contributed by atoms with Crippen molar-refractivity contribution in [3.05, 3.63) is 23.0 Å². The second-order valence-corrected chi connectivity index (χ2v) is 4.06. The number of aromatic nitrogens is 1. The Balaban J connectivity index is 2.86. The van der Waals surface area contributed by atoms with Crippen LogP contribution < -0.4 is 5.32 Å². The molecular formula is C10H13ClN2O3. The van der Waals surface area contributed by atoms with Crippen LogP contribution in [0.3, 0.4) is 0 Å². The van der Waals surface area contributed by atoms with Crippen LogP contribution in [0.4, 0.5) is 0 Å². The minimum absolute atomic E-state index is 0.0816. The second-order valence-electron chi connectivity index (χ2n) is 3.62. The fourth-order valence-electron chi connectivity index (χ4n) is 1.30. The molecule has 0 aliphatic heterocycles. The summed E-state index contributed by atoms with van der Waals surface area (Å²) in [4.78, 5) is 21.9. The predicted molar refractivity (Wildman–Crippen MR) is 59.8 cm³/mol. The van der Waals surface area contributed by atoms with Crippen molar-refractivity contribution in [1.82, 2.24) is 9.88 Å². The van der Waals surface area contributed by atoms with Crippen molar-refractivity contribution in [2.75, 3.05) is 6.54 Å². The van der Waals surface area contributed by atoms with Crippen LogP contribution in [-0.4, -0.2) is 28.1 Å². The molecule has 1 amide bonds. The normalized spacial score (nSPS) is 10.5. The highest BCUT2D eigenvalue weighted by Gasteiger charge is 2.15. The molecule has 0 radical (unpaired) electrons. The maximum Gasteiger partial charge on any atom is 0.322 e. The van der Waals surface area contributed by atoms with Gasteiger partial charge in [-0.15, -0.1) is 0 Å². The molecule has 0 fully saturated rings. The van der Waals surface area contributed by atoms with Crippen LogP contribution in [0.25, 0.3) is 0 Å². The first-order chi connectivity index (χ1) is 7.41. The van der Waals surface area contributed by atoms with Crippen LogP contribution in [-0.2, 0) is 4.79 Å². The summed E-state index contributed by atoms with van der Waals surface area (Å²) in [5.41, 5.74) is 0.362. The van der Waals surface area contributed by atoms with Crippen LogP contribution >= 0.6 is 11.6 Å². The Morgan fingerprint density at radius 3 is 2.69 bits per heavy atom. The van der Waals surface area contributed by atoms with Gasteiger partial charge in [-0.05, 0) is 19.9 Å². The van der Waals surface area contributed by atoms with Gasteiger partial charge >= 0.3 is 5.97 Å². The van der Waals surface area contributed by atoms with E-state index in [1.165, 1.54) is 6.07 Å². The fourth-order valence-corrected chi connectivity index (χ4v) is 1.51. The summed E-state index contributed by atoms with van der Waals surface area (Å²) in [5, 5.41) is 11.2. The lowest BCUT2D eigenvalue weighted by atomic mass is 10.3. The molecule has 16 heavy (non-hydrogen) atoms. The third kappa shape index (κ3) is 3.00. The van der Waals surface area contributed by atoms with Gasteiger partial charge in [-0.25, -0.2) is 0 Å². The molecule has 88 valence electrons. The number of carbonyl (C=O) groups is 2. The van der Waals surface area contributed by atoms with Gasteiger partial charge in [0.15, 0.2) is 0 Å². The topological polar surface area (TPSA) is 71.3 Å². The van der Waals surface area contributed by atoms with E-state index in [1.54, 1.807) is 10.8 Å². The molecule has 0 aromatic carbocycles. The molecule has 0 aliphatic rings. The molecule has 2 N–H and O–H groups in total. The Kier molecular flexibility index (Phi) is 3.95. The number of amides is 1. The van der Waals surface area contributed by atoms with Gasteiger partial charge in [-0.2, -0.15) is 0 Å². The fraction of sp³-hybridized carbons (Fsp3) is 0.400. The maximum absolute atomic E-state index is 11.6. The zero-order valence-corrected chi connectivity index (χ0v) is 9.78. The molecule has 5 nitrogen and oxygen atoms in total. The van der Waals surface area contributed by atoms with Crippen molar-refractivity contribution in [3.63, 3.8) is 0 Å². The van der Waals surface area contributed by atoms with Gasteiger partial charge in [-0.3, -0.25) is 9.59 Å². The van der Waals surface area contributed by atoms with Gasteiger partial charge in [-0.1, -0.05) is 11.6 Å². The molecule has 0 bridgehead atoms. The number of aliphatic carboxylic acids is 1. The second kappa shape index (κ2) is 5.03. The van der Waals surface area contributed by atoms with Crippen molar-refractivity contribution in [2.24, 2.45) is 0 Å². The number of carboxylic acids is 1. The molecule has 6 heteroatoms. The molecule has 0 saturated carbocycles. The molecule has 1 aromatic heterocycles. The minimum Gasteiger partial charge on any atom is -0.480 e. The Labute approximate surface area is 98.0 Å². The van der Waals surface area contributed by atoms with Gasteiger partial charge in [0, 0.05) is 12.2 Å². The Morgan fingerprint density at radius 2 is 2.19 bits per heavy atom. The van der Waals surface area contributed by atoms with Crippen molar-refractivity contribution in [3.8, 4) is 0 Å². The SMILES string of the molecule is CC(C)n1cc(Cl)cc1C(=O)NCC(=O)O. The molecule has 0 saturated heterocycles. The van der Waals surface area contributed by atoms with Crippen molar-refractivity contribution < 1.29 is 14.7 Å². The largest absolute Gasteiger partial charge is 0.480 e. The number of rotatable bonds is 4. The van der Waals surface area contributed by atoms with Crippen molar-refractivity contribution in [2.45, 2.75) is 19.9 Å². The standard InChI is InChI=1S/C10H13ClN2O3/c1-6(2)13-5-7(11)3-8(13)10(16)12-4-9(14)15/h3,5-6H,4H2,1-2H3,(H,12,16)(H,14,15). The van der Waals surface area contributed by atoms with Crippen molar-refractivity contribution >= 4 is 23.5 Å². The third-order valence-corrected chi connectivity index (χ3v) is 2.21. The number of nitrogens with one attached hydrogen (secondary N) is 1. The van der Waals surface area contributed by atoms with E-state index in [4.69, 9.17) is 16.7 Å². The summed E-state index contributed by atoms with van der Waals surface area (Å²) in [6, 6.07) is 1.59. The number of carboxylic acid groups (broad SMARTS) is 1. The number of nitrogens with zero attached hydrogens (tertiary/aromatic N) is 1. The first-order valence-corrected chi connectivity index (χ1v) is 5.17. The summed E-state index contributed by atoms with van der Waals surface area (Å²) >= 11 is 5.80. The number of carbonyl (C=O) groups excluding carboxylic acids is 1. The lowest BCUT2D eigenvalue weighted by Crippen LogP contribution is -2.31. The van der Waals surface area contributed by atoms with Gasteiger partial charge in [0.05, 0.1) is 5.02 Å². The number of hydrogen-bond donors (Lipinski definition) is 2. The van der Waals surface area contributed by atoms with Crippen molar-refractivity contribution in [1.29, 1.82) is 0 Å². The van der Waals surface area contributed by atoms with Gasteiger partial charge in [0.25, 0.3) is 5.91 Å². The highest BCUT2D eigenvalue weighted by Crippen LogP contribution is 2.18. The van der Waals surface area contributed by atoms with E-state index in [0.29, 0.717) is 10.7 Å². The lowest BCUT2D eigenvalue weighted by molar-refractivity contribution is -0.135. The summed E-state index contributed by atoms with van der Waals surface area (Å²) < 4.78 is 1.69. The average molecular weight is 245 g/mol. The first kappa shape index (κ1) is 12.6. The quantitative estimate of drug-likeness (QED) is 0.844. The van der Waals surface area contributed by atoms with E-state index in [9.17, 15) is 9.59 Å². The lowest BCUT2D eigenvalue weighted by Gasteiger charge is -2.11. The zero-order valence-electron chi connectivity index (χ0n) is 9.03. The molecular weight excluding hydrogens is 232 g/mol. The van der Waals surface area contributed by atoms with Crippen LogP contribution in [0.5, 0.6) is 0 Å². The summed E-state index contributed by atoms with van der Waals surface area (Å²) in [7, 11) is 0. The molecule has 0 atom stereocenters. The Hall–Kier alpha value is -1.49. The molecule has 0 unspecified atom stereocenters. The van der Waals surface area contributed by atoms with Crippen LogP contribution in [0, 0.1) is 0 Å². The number of halogens is 1. The van der Waals surface area contributed by atoms with Crippen LogP contribution in [0.2, 0.25) is 5.02 Å². The molecule has 0 spiro atoms. The predicted octanol–water partition coefficient (Wildman–Crippen LogP) is 1.54. The number of hydrogen-bond acceptors (Lipinski definition) is 2. The van der Waals surface area contributed by atoms with Gasteiger partial charge in [0.1, 0.15) is 12.2 Å². The Morgan fingerprint density at radius 1 is 1.56 bits per heavy atom. The average Bonchev–Trinajstić information content (AvgIpc) is 2.56. The van der Waals surface area contributed by atoms with E-state index < -0.39 is 18.4 Å². The Bertz CT molecular complexity index is 412. The van der Waals surface area contributed by atoms with Crippen LogP contribution in [0.15, 0.2) is 12.3 Å². The van der Waals surface area contributed by atoms with E-state index in [-0.39, 0.29) is 6.04 Å². The summed E-state index contributed by atoms with van der Waals surface area (Å²) in [6.45, 7) is 3.41. The van der Waals surface area contributed by atoms with E-state index in [2.05, 4.69) is 5.32 Å². The minimum atomic E-state index is -1.08. The monoisotopic (exact) mass is 244 g/mol. The third-order valence-electron chi connectivity index (χ3n) is 2.00. The van der Waals surface area contributed by atoms with E-state index in [1.807, 2.05) is 13.8 Å². The van der Waals surface area contributed by atoms with Gasteiger partial charge in [0.2, 0.25) is 0 Å². The molecule has 1 aromatic rings. The van der Waals surface area contributed by atoms with E-state index >= 15 is 0 Å². The zero-order chi connectivity index (χ0) is 12.3. The molecule has 1 rings (SSSR count). The first-order valence-electron chi connectivity index (χ1n) is 4.79. The maximum atomic E-state index is 11.6.